The second-order valence-corrected chi connectivity index (χ2v) is 5.31. The maximum absolute atomic E-state index is 13.5. The van der Waals surface area contributed by atoms with E-state index in [4.69, 9.17) is 0 Å². The summed E-state index contributed by atoms with van der Waals surface area (Å²) in [7, 11) is 0. The number of aliphatic hydroxyl groups is 1. The summed E-state index contributed by atoms with van der Waals surface area (Å²) < 4.78 is 66.2. The van der Waals surface area contributed by atoms with Crippen LogP contribution in [0.4, 0.5) is 22.0 Å². The van der Waals surface area contributed by atoms with Gasteiger partial charge in [0.1, 0.15) is 5.78 Å². The summed E-state index contributed by atoms with van der Waals surface area (Å²) in [5, 5.41) is 9.76. The molecule has 1 unspecified atom stereocenters. The lowest BCUT2D eigenvalue weighted by molar-refractivity contribution is -0.120. The van der Waals surface area contributed by atoms with E-state index < -0.39 is 59.4 Å². The zero-order chi connectivity index (χ0) is 17.9. The van der Waals surface area contributed by atoms with Crippen LogP contribution in [-0.2, 0) is 17.6 Å². The maximum Gasteiger partial charge on any atom is 0.200 e. The first kappa shape index (κ1) is 18.1. The molecule has 0 aliphatic rings. The second kappa shape index (κ2) is 7.53. The lowest BCUT2D eigenvalue weighted by Crippen LogP contribution is -2.20. The van der Waals surface area contributed by atoms with Crippen LogP contribution in [0.25, 0.3) is 0 Å². The fourth-order valence-corrected chi connectivity index (χ4v) is 2.30. The Morgan fingerprint density at radius 3 is 1.92 bits per heavy atom. The Balaban J connectivity index is 2.07. The highest BCUT2D eigenvalue weighted by atomic mass is 19.2. The van der Waals surface area contributed by atoms with E-state index in [0.717, 1.165) is 0 Å². The van der Waals surface area contributed by atoms with Crippen molar-refractivity contribution in [2.24, 2.45) is 0 Å². The minimum absolute atomic E-state index is 0.00496. The number of hydrogen-bond donors (Lipinski definition) is 1. The highest BCUT2D eigenvalue weighted by molar-refractivity contribution is 5.81. The van der Waals surface area contributed by atoms with Crippen LogP contribution in [0, 0.1) is 29.1 Å². The number of carbonyl (C=O) groups excluding carboxylic acids is 1. The molecule has 0 saturated carbocycles. The highest BCUT2D eigenvalue weighted by Crippen LogP contribution is 2.24. The zero-order valence-electron chi connectivity index (χ0n) is 12.3. The van der Waals surface area contributed by atoms with Gasteiger partial charge in [0.25, 0.3) is 0 Å². The number of aliphatic hydroxyl groups excluding tert-OH is 1. The Morgan fingerprint density at radius 1 is 0.875 bits per heavy atom. The minimum Gasteiger partial charge on any atom is -0.392 e. The van der Waals surface area contributed by atoms with Crippen molar-refractivity contribution < 1.29 is 31.9 Å². The molecule has 0 spiro atoms. The molecule has 0 aliphatic heterocycles. The van der Waals surface area contributed by atoms with E-state index in [1.807, 2.05) is 0 Å². The van der Waals surface area contributed by atoms with Crippen LogP contribution < -0.4 is 0 Å². The summed E-state index contributed by atoms with van der Waals surface area (Å²) in [6, 6.07) is 8.57. The summed E-state index contributed by atoms with van der Waals surface area (Å²) in [5.74, 6) is -10.8. The highest BCUT2D eigenvalue weighted by Gasteiger charge is 2.27. The van der Waals surface area contributed by atoms with Crippen molar-refractivity contribution in [3.63, 3.8) is 0 Å². The lowest BCUT2D eigenvalue weighted by Gasteiger charge is -2.13. The zero-order valence-corrected chi connectivity index (χ0v) is 12.3. The minimum atomic E-state index is -2.26. The van der Waals surface area contributed by atoms with E-state index >= 15 is 0 Å². The van der Waals surface area contributed by atoms with Crippen LogP contribution in [0.1, 0.15) is 17.5 Å². The molecule has 7 heteroatoms. The smallest absolute Gasteiger partial charge is 0.200 e. The van der Waals surface area contributed by atoms with Gasteiger partial charge in [-0.2, -0.15) is 0 Å². The average Bonchev–Trinajstić information content (AvgIpc) is 2.56. The quantitative estimate of drug-likeness (QED) is 0.495. The Morgan fingerprint density at radius 2 is 1.38 bits per heavy atom. The van der Waals surface area contributed by atoms with Gasteiger partial charge in [-0.15, -0.1) is 0 Å². The summed E-state index contributed by atoms with van der Waals surface area (Å²) in [4.78, 5) is 11.8. The third-order valence-corrected chi connectivity index (χ3v) is 3.45. The van der Waals surface area contributed by atoms with E-state index in [9.17, 15) is 31.9 Å². The molecular formula is C17H13F5O2. The Labute approximate surface area is 134 Å². The van der Waals surface area contributed by atoms with Crippen LogP contribution in [0.3, 0.4) is 0 Å². The first-order valence-electron chi connectivity index (χ1n) is 7.05. The van der Waals surface area contributed by atoms with Crippen LogP contribution in [-0.4, -0.2) is 17.0 Å². The van der Waals surface area contributed by atoms with Gasteiger partial charge in [0.15, 0.2) is 23.3 Å². The predicted octanol–water partition coefficient (Wildman–Crippen LogP) is 3.49. The van der Waals surface area contributed by atoms with Crippen LogP contribution in [0.15, 0.2) is 30.3 Å². The number of halogens is 5. The van der Waals surface area contributed by atoms with Gasteiger partial charge in [-0.05, 0) is 5.56 Å². The molecule has 0 amide bonds. The lowest BCUT2D eigenvalue weighted by atomic mass is 9.99. The van der Waals surface area contributed by atoms with E-state index in [1.54, 1.807) is 30.3 Å². The van der Waals surface area contributed by atoms with Gasteiger partial charge >= 0.3 is 0 Å². The molecule has 2 nitrogen and oxygen atoms in total. The van der Waals surface area contributed by atoms with Crippen LogP contribution in [0.2, 0.25) is 0 Å². The summed E-state index contributed by atoms with van der Waals surface area (Å²) in [6.07, 6.45) is -2.88. The first-order chi connectivity index (χ1) is 11.3. The first-order valence-corrected chi connectivity index (χ1v) is 7.05. The molecule has 2 rings (SSSR count). The van der Waals surface area contributed by atoms with Gasteiger partial charge in [-0.1, -0.05) is 30.3 Å². The van der Waals surface area contributed by atoms with Crippen molar-refractivity contribution in [3.8, 4) is 0 Å². The van der Waals surface area contributed by atoms with Crippen LogP contribution in [0.5, 0.6) is 0 Å². The molecule has 0 aromatic heterocycles. The average molecular weight is 344 g/mol. The molecule has 0 saturated heterocycles. The molecule has 0 heterocycles. The SMILES string of the molecule is O=C(Cc1ccccc1)CC(O)Cc1c(F)c(F)c(F)c(F)c1F. The second-order valence-electron chi connectivity index (χ2n) is 5.31. The van der Waals surface area contributed by atoms with Crippen molar-refractivity contribution in [3.05, 3.63) is 70.5 Å². The Bertz CT molecular complexity index is 717. The van der Waals surface area contributed by atoms with E-state index in [0.29, 0.717) is 5.56 Å². The standard InChI is InChI=1S/C17H13F5O2/c18-13-12(14(19)16(21)17(22)15(13)20)8-11(24)7-10(23)6-9-4-2-1-3-5-9/h1-5,11,24H,6-8H2. The van der Waals surface area contributed by atoms with Gasteiger partial charge in [0.05, 0.1) is 6.10 Å². The molecule has 1 N–H and O–H groups in total. The molecule has 2 aromatic carbocycles. The molecule has 0 fully saturated rings. The third kappa shape index (κ3) is 3.97. The van der Waals surface area contributed by atoms with Gasteiger partial charge in [-0.3, -0.25) is 4.79 Å². The van der Waals surface area contributed by atoms with Gasteiger partial charge < -0.3 is 5.11 Å². The third-order valence-electron chi connectivity index (χ3n) is 3.45. The van der Waals surface area contributed by atoms with Gasteiger partial charge in [-0.25, -0.2) is 22.0 Å². The summed E-state index contributed by atoms with van der Waals surface area (Å²) in [6.45, 7) is 0. The van der Waals surface area contributed by atoms with Gasteiger partial charge in [0.2, 0.25) is 5.82 Å². The van der Waals surface area contributed by atoms with Crippen molar-refractivity contribution >= 4 is 5.78 Å². The topological polar surface area (TPSA) is 37.3 Å². The van der Waals surface area contributed by atoms with Crippen molar-refractivity contribution in [2.45, 2.75) is 25.4 Å². The Kier molecular flexibility index (Phi) is 5.66. The maximum atomic E-state index is 13.5. The summed E-state index contributed by atoms with van der Waals surface area (Å²) in [5.41, 5.74) is -0.447. The molecule has 128 valence electrons. The molecule has 0 bridgehead atoms. The van der Waals surface area contributed by atoms with Crippen molar-refractivity contribution in [1.29, 1.82) is 0 Å². The van der Waals surface area contributed by atoms with Crippen LogP contribution >= 0.6 is 0 Å². The number of carbonyl (C=O) groups is 1. The summed E-state index contributed by atoms with van der Waals surface area (Å²) >= 11 is 0. The van der Waals surface area contributed by atoms with E-state index in [-0.39, 0.29) is 6.42 Å². The van der Waals surface area contributed by atoms with E-state index in [1.165, 1.54) is 0 Å². The molecular weight excluding hydrogens is 331 g/mol. The molecule has 2 aromatic rings. The molecule has 1 atom stereocenters. The molecule has 24 heavy (non-hydrogen) atoms. The number of hydrogen-bond acceptors (Lipinski definition) is 2. The fraction of sp³-hybridized carbons (Fsp3) is 0.235. The monoisotopic (exact) mass is 344 g/mol. The predicted molar refractivity (Wildman–Crippen MR) is 75.7 cm³/mol. The van der Waals surface area contributed by atoms with Gasteiger partial charge in [0, 0.05) is 24.8 Å². The number of Topliss-reactive ketones (excluding diaryl/α,β-unsaturated/α-hetero) is 1. The van der Waals surface area contributed by atoms with Crippen molar-refractivity contribution in [1.82, 2.24) is 0 Å². The fourth-order valence-electron chi connectivity index (χ4n) is 2.30. The van der Waals surface area contributed by atoms with E-state index in [2.05, 4.69) is 0 Å². The molecule has 0 radical (unpaired) electrons. The number of benzene rings is 2. The number of ketones is 1. The number of rotatable bonds is 6. The normalized spacial score (nSPS) is 12.2. The molecule has 0 aliphatic carbocycles. The Hall–Kier alpha value is -2.28. The van der Waals surface area contributed by atoms with Crippen molar-refractivity contribution in [2.75, 3.05) is 0 Å². The largest absolute Gasteiger partial charge is 0.392 e.